The summed E-state index contributed by atoms with van der Waals surface area (Å²) >= 11 is 6.18. The molecule has 5 heteroatoms. The second kappa shape index (κ2) is 5.98. The molecule has 0 aromatic heterocycles. The minimum atomic E-state index is -0.301. The van der Waals surface area contributed by atoms with Crippen molar-refractivity contribution in [3.05, 3.63) is 34.6 Å². The predicted molar refractivity (Wildman–Crippen MR) is 79.4 cm³/mol. The van der Waals surface area contributed by atoms with Crippen LogP contribution in [0.2, 0.25) is 5.02 Å². The lowest BCUT2D eigenvalue weighted by atomic mass is 9.99. The Balaban J connectivity index is 2.32. The van der Waals surface area contributed by atoms with Crippen LogP contribution < -0.4 is 5.73 Å². The third kappa shape index (κ3) is 3.31. The van der Waals surface area contributed by atoms with Crippen molar-refractivity contribution in [3.8, 4) is 0 Å². The monoisotopic (exact) mass is 300 g/mol. The maximum Gasteiger partial charge on any atom is 0.129 e. The SMILES string of the molecule is CC1CN(C(CN)c2c(F)cccc2Cl)CC(C)(C)O1. The highest BCUT2D eigenvalue weighted by atomic mass is 35.5. The number of morpholine rings is 1. The van der Waals surface area contributed by atoms with Gasteiger partial charge in [-0.15, -0.1) is 0 Å². The molecule has 1 heterocycles. The average molecular weight is 301 g/mol. The first-order valence-corrected chi connectivity index (χ1v) is 7.27. The molecule has 0 amide bonds. The first-order chi connectivity index (χ1) is 9.34. The van der Waals surface area contributed by atoms with Crippen molar-refractivity contribution >= 4 is 11.6 Å². The van der Waals surface area contributed by atoms with Crippen LogP contribution in [-0.4, -0.2) is 36.2 Å². The lowest BCUT2D eigenvalue weighted by Crippen LogP contribution is -2.54. The van der Waals surface area contributed by atoms with E-state index in [0.29, 0.717) is 23.7 Å². The maximum absolute atomic E-state index is 14.1. The van der Waals surface area contributed by atoms with Gasteiger partial charge in [0.25, 0.3) is 0 Å². The molecule has 20 heavy (non-hydrogen) atoms. The molecule has 1 aromatic carbocycles. The smallest absolute Gasteiger partial charge is 0.129 e. The summed E-state index contributed by atoms with van der Waals surface area (Å²) < 4.78 is 20.0. The highest BCUT2D eigenvalue weighted by Gasteiger charge is 2.36. The number of nitrogens with zero attached hydrogens (tertiary/aromatic N) is 1. The normalized spacial score (nSPS) is 24.6. The molecule has 1 aromatic rings. The molecule has 1 fully saturated rings. The molecule has 3 nitrogen and oxygen atoms in total. The van der Waals surface area contributed by atoms with Gasteiger partial charge in [-0.1, -0.05) is 17.7 Å². The summed E-state index contributed by atoms with van der Waals surface area (Å²) in [5, 5.41) is 0.428. The van der Waals surface area contributed by atoms with Crippen molar-refractivity contribution in [3.63, 3.8) is 0 Å². The van der Waals surface area contributed by atoms with Gasteiger partial charge in [0.05, 0.1) is 17.7 Å². The van der Waals surface area contributed by atoms with Crippen molar-refractivity contribution in [2.45, 2.75) is 38.5 Å². The zero-order valence-electron chi connectivity index (χ0n) is 12.2. The predicted octanol–water partition coefficient (Wildman–Crippen LogP) is 2.98. The summed E-state index contributed by atoms with van der Waals surface area (Å²) in [5.74, 6) is -0.301. The van der Waals surface area contributed by atoms with E-state index in [-0.39, 0.29) is 23.6 Å². The molecular weight excluding hydrogens is 279 g/mol. The minimum Gasteiger partial charge on any atom is -0.370 e. The molecule has 1 aliphatic heterocycles. The van der Waals surface area contributed by atoms with Gasteiger partial charge in [0.2, 0.25) is 0 Å². The number of ether oxygens (including phenoxy) is 1. The Bertz CT molecular complexity index is 461. The molecule has 2 unspecified atom stereocenters. The van der Waals surface area contributed by atoms with Crippen LogP contribution in [0.4, 0.5) is 4.39 Å². The van der Waals surface area contributed by atoms with E-state index in [1.165, 1.54) is 6.07 Å². The van der Waals surface area contributed by atoms with Crippen molar-refractivity contribution in [1.29, 1.82) is 0 Å². The minimum absolute atomic E-state index is 0.0818. The van der Waals surface area contributed by atoms with Gasteiger partial charge >= 0.3 is 0 Å². The van der Waals surface area contributed by atoms with Crippen LogP contribution >= 0.6 is 11.6 Å². The van der Waals surface area contributed by atoms with Gasteiger partial charge in [-0.25, -0.2) is 4.39 Å². The first-order valence-electron chi connectivity index (χ1n) is 6.90. The van der Waals surface area contributed by atoms with Crippen molar-refractivity contribution in [2.24, 2.45) is 5.73 Å². The van der Waals surface area contributed by atoms with Gasteiger partial charge < -0.3 is 10.5 Å². The van der Waals surface area contributed by atoms with Crippen LogP contribution in [0.3, 0.4) is 0 Å². The van der Waals surface area contributed by atoms with E-state index in [9.17, 15) is 4.39 Å². The number of benzene rings is 1. The van der Waals surface area contributed by atoms with Crippen LogP contribution in [0.25, 0.3) is 0 Å². The van der Waals surface area contributed by atoms with Crippen LogP contribution in [0.1, 0.15) is 32.4 Å². The van der Waals surface area contributed by atoms with Gasteiger partial charge in [-0.2, -0.15) is 0 Å². The first kappa shape index (κ1) is 15.7. The van der Waals surface area contributed by atoms with E-state index in [1.54, 1.807) is 12.1 Å². The Hall–Kier alpha value is -0.680. The molecule has 0 radical (unpaired) electrons. The maximum atomic E-state index is 14.1. The van der Waals surface area contributed by atoms with E-state index >= 15 is 0 Å². The standard InChI is InChI=1S/C15H22ClFN2O/c1-10-8-19(9-15(2,3)20-10)13(7-18)14-11(16)5-4-6-12(14)17/h4-6,10,13H,7-9,18H2,1-3H3. The lowest BCUT2D eigenvalue weighted by Gasteiger charge is -2.45. The molecule has 0 saturated carbocycles. The van der Waals surface area contributed by atoms with E-state index in [1.807, 2.05) is 20.8 Å². The Kier molecular flexibility index (Phi) is 4.69. The fourth-order valence-electron chi connectivity index (χ4n) is 3.02. The summed E-state index contributed by atoms with van der Waals surface area (Å²) in [6.45, 7) is 7.83. The molecular formula is C15H22ClFN2O. The third-order valence-corrected chi connectivity index (χ3v) is 3.92. The second-order valence-corrected chi connectivity index (χ2v) is 6.41. The number of hydrogen-bond acceptors (Lipinski definition) is 3. The summed E-state index contributed by atoms with van der Waals surface area (Å²) in [6, 6.07) is 4.52. The fourth-order valence-corrected chi connectivity index (χ4v) is 3.31. The zero-order valence-corrected chi connectivity index (χ0v) is 13.0. The molecule has 0 bridgehead atoms. The molecule has 112 valence electrons. The Labute approximate surface area is 124 Å². The summed E-state index contributed by atoms with van der Waals surface area (Å²) in [4.78, 5) is 2.17. The van der Waals surface area contributed by atoms with Crippen molar-refractivity contribution in [1.82, 2.24) is 4.90 Å². The Morgan fingerprint density at radius 3 is 2.80 bits per heavy atom. The quantitative estimate of drug-likeness (QED) is 0.932. The average Bonchev–Trinajstić information content (AvgIpc) is 2.31. The molecule has 1 aliphatic rings. The van der Waals surface area contributed by atoms with Crippen LogP contribution in [0.15, 0.2) is 18.2 Å². The second-order valence-electron chi connectivity index (χ2n) is 6.00. The largest absolute Gasteiger partial charge is 0.370 e. The van der Waals surface area contributed by atoms with E-state index in [2.05, 4.69) is 4.90 Å². The summed E-state index contributed by atoms with van der Waals surface area (Å²) in [5.41, 5.74) is 6.11. The Morgan fingerprint density at radius 2 is 2.25 bits per heavy atom. The summed E-state index contributed by atoms with van der Waals surface area (Å²) in [7, 11) is 0. The highest BCUT2D eigenvalue weighted by molar-refractivity contribution is 6.31. The fraction of sp³-hybridized carbons (Fsp3) is 0.600. The van der Waals surface area contributed by atoms with Crippen molar-refractivity contribution < 1.29 is 9.13 Å². The van der Waals surface area contributed by atoms with Crippen molar-refractivity contribution in [2.75, 3.05) is 19.6 Å². The van der Waals surface area contributed by atoms with Crippen LogP contribution in [-0.2, 0) is 4.74 Å². The van der Waals surface area contributed by atoms with E-state index in [4.69, 9.17) is 22.1 Å². The van der Waals surface area contributed by atoms with E-state index in [0.717, 1.165) is 6.54 Å². The van der Waals surface area contributed by atoms with Gasteiger partial charge in [0, 0.05) is 30.2 Å². The molecule has 2 rings (SSSR count). The van der Waals surface area contributed by atoms with Gasteiger partial charge in [0.1, 0.15) is 5.82 Å². The molecule has 2 atom stereocenters. The number of nitrogens with two attached hydrogens (primary N) is 1. The molecule has 0 aliphatic carbocycles. The summed E-state index contributed by atoms with van der Waals surface area (Å²) in [6.07, 6.45) is 0.0818. The molecule has 2 N–H and O–H groups in total. The number of halogens is 2. The van der Waals surface area contributed by atoms with Gasteiger partial charge in [-0.05, 0) is 32.9 Å². The zero-order chi connectivity index (χ0) is 14.9. The Morgan fingerprint density at radius 1 is 1.55 bits per heavy atom. The lowest BCUT2D eigenvalue weighted by molar-refractivity contribution is -0.138. The number of rotatable bonds is 3. The van der Waals surface area contributed by atoms with Crippen LogP contribution in [0, 0.1) is 5.82 Å². The topological polar surface area (TPSA) is 38.5 Å². The molecule has 1 saturated heterocycles. The van der Waals surface area contributed by atoms with Gasteiger partial charge in [0.15, 0.2) is 0 Å². The number of hydrogen-bond donors (Lipinski definition) is 1. The highest BCUT2D eigenvalue weighted by Crippen LogP contribution is 2.33. The van der Waals surface area contributed by atoms with E-state index < -0.39 is 0 Å². The molecule has 0 spiro atoms. The van der Waals surface area contributed by atoms with Gasteiger partial charge in [-0.3, -0.25) is 4.90 Å². The third-order valence-electron chi connectivity index (χ3n) is 3.59. The van der Waals surface area contributed by atoms with Crippen LogP contribution in [0.5, 0.6) is 0 Å².